The number of nitrogens with zero attached hydrogens (tertiary/aromatic N) is 2. The molecule has 2 heterocycles. The molecule has 1 saturated heterocycles. The molecule has 5 rings (SSSR count). The van der Waals surface area contributed by atoms with Crippen molar-refractivity contribution in [1.29, 1.82) is 0 Å². The summed E-state index contributed by atoms with van der Waals surface area (Å²) < 4.78 is 11.3. The first-order valence-corrected chi connectivity index (χ1v) is 13.0. The van der Waals surface area contributed by atoms with Crippen molar-refractivity contribution in [1.82, 2.24) is 0 Å². The van der Waals surface area contributed by atoms with Crippen LogP contribution in [0.25, 0.3) is 5.76 Å². The fourth-order valence-electron chi connectivity index (χ4n) is 5.34. The highest BCUT2D eigenvalue weighted by Crippen LogP contribution is 2.45. The maximum atomic E-state index is 13.6. The summed E-state index contributed by atoms with van der Waals surface area (Å²) in [5.41, 5.74) is 3.73. The number of methoxy groups -OCH3 is 1. The fraction of sp³-hybridized carbons (Fsp3) is 0.290. The van der Waals surface area contributed by atoms with Gasteiger partial charge in [0.05, 0.1) is 31.0 Å². The summed E-state index contributed by atoms with van der Waals surface area (Å²) in [5, 5.41) is 11.6. The van der Waals surface area contributed by atoms with E-state index < -0.39 is 17.7 Å². The molecule has 1 atom stereocenters. The van der Waals surface area contributed by atoms with Crippen LogP contribution in [0.15, 0.2) is 72.3 Å². The second-order valence-electron chi connectivity index (χ2n) is 9.38. The van der Waals surface area contributed by atoms with E-state index in [1.54, 1.807) is 24.3 Å². The number of Topliss-reactive ketones (excluding diaryl/α,β-unsaturated/α-hetero) is 1. The average molecular weight is 513 g/mol. The molecule has 7 nitrogen and oxygen atoms in total. The molecule has 38 heavy (non-hydrogen) atoms. The molecule has 0 saturated carbocycles. The summed E-state index contributed by atoms with van der Waals surface area (Å²) in [6.07, 6.45) is 1.70. The summed E-state index contributed by atoms with van der Waals surface area (Å²) in [4.78, 5) is 30.8. The number of ether oxygens (including phenoxy) is 2. The summed E-state index contributed by atoms with van der Waals surface area (Å²) in [7, 11) is 1.53. The quantitative estimate of drug-likeness (QED) is 0.256. The Hall–Kier alpha value is -4.26. The minimum Gasteiger partial charge on any atom is -0.507 e. The van der Waals surface area contributed by atoms with Gasteiger partial charge in [-0.05, 0) is 80.3 Å². The number of benzene rings is 3. The number of amides is 1. The lowest BCUT2D eigenvalue weighted by atomic mass is 9.93. The van der Waals surface area contributed by atoms with Gasteiger partial charge in [-0.3, -0.25) is 14.5 Å². The molecule has 1 unspecified atom stereocenters. The normalized spacial score (nSPS) is 18.2. The molecular weight excluding hydrogens is 480 g/mol. The van der Waals surface area contributed by atoms with Gasteiger partial charge in [0.15, 0.2) is 0 Å². The van der Waals surface area contributed by atoms with Crippen LogP contribution in [-0.2, 0) is 16.0 Å². The highest BCUT2D eigenvalue weighted by molar-refractivity contribution is 6.52. The molecule has 0 bridgehead atoms. The molecule has 3 aromatic carbocycles. The molecule has 7 heteroatoms. The summed E-state index contributed by atoms with van der Waals surface area (Å²) in [6, 6.07) is 19.5. The number of carbonyl (C=O) groups excluding carboxylic acids is 2. The third-order valence-electron chi connectivity index (χ3n) is 7.31. The van der Waals surface area contributed by atoms with Crippen molar-refractivity contribution in [3.05, 3.63) is 89.0 Å². The lowest BCUT2D eigenvalue weighted by molar-refractivity contribution is -0.132. The van der Waals surface area contributed by atoms with Crippen LogP contribution in [-0.4, -0.2) is 43.6 Å². The van der Waals surface area contributed by atoms with Crippen molar-refractivity contribution in [2.24, 2.45) is 0 Å². The van der Waals surface area contributed by atoms with E-state index in [4.69, 9.17) is 9.47 Å². The zero-order chi connectivity index (χ0) is 26.8. The summed E-state index contributed by atoms with van der Waals surface area (Å²) >= 11 is 0. The smallest absolute Gasteiger partial charge is 0.300 e. The predicted molar refractivity (Wildman–Crippen MR) is 148 cm³/mol. The van der Waals surface area contributed by atoms with Crippen LogP contribution < -0.4 is 19.3 Å². The number of carbonyl (C=O) groups is 2. The monoisotopic (exact) mass is 512 g/mol. The van der Waals surface area contributed by atoms with Gasteiger partial charge in [-0.2, -0.15) is 0 Å². The van der Waals surface area contributed by atoms with Crippen molar-refractivity contribution >= 4 is 28.8 Å². The third-order valence-corrected chi connectivity index (χ3v) is 7.31. The second kappa shape index (κ2) is 10.6. The van der Waals surface area contributed by atoms with Crippen molar-refractivity contribution in [3.8, 4) is 11.5 Å². The number of aryl methyl sites for hydroxylation is 1. The fourth-order valence-corrected chi connectivity index (χ4v) is 5.34. The largest absolute Gasteiger partial charge is 0.507 e. The lowest BCUT2D eigenvalue weighted by Gasteiger charge is -2.27. The number of rotatable bonds is 7. The van der Waals surface area contributed by atoms with E-state index in [9.17, 15) is 14.7 Å². The maximum absolute atomic E-state index is 13.6. The third kappa shape index (κ3) is 4.38. The molecule has 3 aromatic rings. The minimum atomic E-state index is -0.829. The van der Waals surface area contributed by atoms with E-state index in [1.165, 1.54) is 12.0 Å². The molecular formula is C31H32N2O5. The van der Waals surface area contributed by atoms with Crippen LogP contribution in [0.1, 0.15) is 43.0 Å². The first kappa shape index (κ1) is 25.4. The zero-order valence-corrected chi connectivity index (χ0v) is 21.9. The molecule has 0 spiro atoms. The second-order valence-corrected chi connectivity index (χ2v) is 9.38. The van der Waals surface area contributed by atoms with Crippen molar-refractivity contribution in [3.63, 3.8) is 0 Å². The van der Waals surface area contributed by atoms with Crippen LogP contribution in [0.4, 0.5) is 11.4 Å². The van der Waals surface area contributed by atoms with Crippen LogP contribution >= 0.6 is 0 Å². The van der Waals surface area contributed by atoms with E-state index in [1.807, 2.05) is 42.5 Å². The van der Waals surface area contributed by atoms with E-state index >= 15 is 0 Å². The van der Waals surface area contributed by atoms with Crippen LogP contribution in [0, 0.1) is 0 Å². The molecule has 196 valence electrons. The number of aliphatic hydroxyl groups is 1. The Bertz CT molecular complexity index is 1390. The number of ketones is 1. The molecule has 0 aliphatic carbocycles. The number of hydrogen-bond donors (Lipinski definition) is 1. The molecule has 0 aromatic heterocycles. The highest BCUT2D eigenvalue weighted by Gasteiger charge is 2.47. The van der Waals surface area contributed by atoms with Gasteiger partial charge >= 0.3 is 0 Å². The summed E-state index contributed by atoms with van der Waals surface area (Å²) in [6.45, 7) is 6.57. The van der Waals surface area contributed by atoms with Gasteiger partial charge in [0.1, 0.15) is 17.3 Å². The lowest BCUT2D eigenvalue weighted by Crippen LogP contribution is -2.30. The molecule has 1 N–H and O–H groups in total. The van der Waals surface area contributed by atoms with E-state index in [0.29, 0.717) is 29.2 Å². The Kier molecular flexibility index (Phi) is 7.09. The predicted octanol–water partition coefficient (Wildman–Crippen LogP) is 5.49. The number of aliphatic hydroxyl groups excluding tert-OH is 1. The minimum absolute atomic E-state index is 0.0492. The van der Waals surface area contributed by atoms with Gasteiger partial charge in [0.25, 0.3) is 11.7 Å². The van der Waals surface area contributed by atoms with E-state index in [2.05, 4.69) is 18.7 Å². The van der Waals surface area contributed by atoms with Crippen LogP contribution in [0.3, 0.4) is 0 Å². The Labute approximate surface area is 222 Å². The molecule has 2 aliphatic rings. The van der Waals surface area contributed by atoms with Gasteiger partial charge < -0.3 is 19.5 Å². The van der Waals surface area contributed by atoms with Crippen molar-refractivity contribution in [2.75, 3.05) is 36.6 Å². The highest BCUT2D eigenvalue weighted by atomic mass is 16.5. The topological polar surface area (TPSA) is 79.3 Å². The first-order valence-electron chi connectivity index (χ1n) is 13.0. The molecule has 0 radical (unpaired) electrons. The Balaban J connectivity index is 1.68. The van der Waals surface area contributed by atoms with Crippen LogP contribution in [0.2, 0.25) is 0 Å². The molecule has 1 fully saturated rings. The Morgan fingerprint density at radius 1 is 1.05 bits per heavy atom. The molecule has 1 amide bonds. The van der Waals surface area contributed by atoms with Crippen molar-refractivity contribution in [2.45, 2.75) is 32.7 Å². The first-order chi connectivity index (χ1) is 18.5. The van der Waals surface area contributed by atoms with Gasteiger partial charge in [-0.25, -0.2) is 0 Å². The average Bonchev–Trinajstić information content (AvgIpc) is 3.23. The van der Waals surface area contributed by atoms with E-state index in [-0.39, 0.29) is 11.3 Å². The zero-order valence-electron chi connectivity index (χ0n) is 21.9. The van der Waals surface area contributed by atoms with E-state index in [0.717, 1.165) is 42.9 Å². The number of hydrogen-bond acceptors (Lipinski definition) is 6. The summed E-state index contributed by atoms with van der Waals surface area (Å²) in [5.74, 6) is -0.404. The van der Waals surface area contributed by atoms with Gasteiger partial charge in [-0.1, -0.05) is 24.3 Å². The number of fused-ring (bicyclic) bond motifs is 1. The van der Waals surface area contributed by atoms with Gasteiger partial charge in [0.2, 0.25) is 0 Å². The number of para-hydroxylation sites is 2. The standard InChI is InChI=1S/C31H32N2O5/c1-4-32(5-2)23-15-12-20(13-16-23)28-27(29(34)22-14-17-25-21(19-22)9-8-18-38-25)30(35)31(36)33(28)24-10-6-7-11-26(24)37-3/h6-7,10-17,19,28,34H,4-5,8-9,18H2,1-3H3/b29-27-. The van der Waals surface area contributed by atoms with Crippen LogP contribution in [0.5, 0.6) is 11.5 Å². The Morgan fingerprint density at radius 2 is 1.79 bits per heavy atom. The Morgan fingerprint density at radius 3 is 2.50 bits per heavy atom. The van der Waals surface area contributed by atoms with Gasteiger partial charge in [-0.15, -0.1) is 0 Å². The van der Waals surface area contributed by atoms with Gasteiger partial charge in [0, 0.05) is 24.3 Å². The maximum Gasteiger partial charge on any atom is 0.300 e. The SMILES string of the molecule is CCN(CC)c1ccc(C2/C(=C(/O)c3ccc4c(c3)CCCO4)C(=O)C(=O)N2c2ccccc2OC)cc1. The number of anilines is 2. The molecule has 2 aliphatic heterocycles. The van der Waals surface area contributed by atoms with Crippen molar-refractivity contribution < 1.29 is 24.2 Å².